The van der Waals surface area contributed by atoms with Crippen molar-refractivity contribution in [2.24, 2.45) is 0 Å². The molecule has 2 aromatic rings. The van der Waals surface area contributed by atoms with Crippen LogP contribution in [0.3, 0.4) is 0 Å². The van der Waals surface area contributed by atoms with E-state index in [-0.39, 0.29) is 17.6 Å². The normalized spacial score (nSPS) is 15.9. The first-order valence-corrected chi connectivity index (χ1v) is 6.65. The number of Topliss-reactive ketones (excluding diaryl/α,β-unsaturated/α-hetero) is 1. The Labute approximate surface area is 117 Å². The highest BCUT2D eigenvalue weighted by Crippen LogP contribution is 2.35. The lowest BCUT2D eigenvalue weighted by molar-refractivity contribution is -0.118. The lowest BCUT2D eigenvalue weighted by atomic mass is 9.77. The van der Waals surface area contributed by atoms with Gasteiger partial charge in [0.2, 0.25) is 5.91 Å². The van der Waals surface area contributed by atoms with Crippen molar-refractivity contribution in [3.63, 3.8) is 0 Å². The van der Waals surface area contributed by atoms with E-state index in [1.54, 1.807) is 18.2 Å². The topological polar surface area (TPSA) is 46.2 Å². The average Bonchev–Trinajstić information content (AvgIpc) is 2.40. The minimum Gasteiger partial charge on any atom is -0.325 e. The number of amides is 1. The number of carbonyl (C=O) groups excluding carboxylic acids is 2. The SMILES string of the molecule is CC(=O)c1ccccc1NC(=O)C1Cc2ccccc21. The largest absolute Gasteiger partial charge is 0.325 e. The summed E-state index contributed by atoms with van der Waals surface area (Å²) in [5.74, 6) is -0.196. The first-order chi connectivity index (χ1) is 9.66. The first kappa shape index (κ1) is 12.6. The Kier molecular flexibility index (Phi) is 3.11. The predicted octanol–water partition coefficient (Wildman–Crippen LogP) is 3.17. The van der Waals surface area contributed by atoms with E-state index in [2.05, 4.69) is 5.32 Å². The van der Waals surface area contributed by atoms with Crippen LogP contribution in [0.5, 0.6) is 0 Å². The van der Waals surface area contributed by atoms with Crippen LogP contribution >= 0.6 is 0 Å². The second-order valence-electron chi connectivity index (χ2n) is 5.05. The van der Waals surface area contributed by atoms with Crippen LogP contribution in [0.15, 0.2) is 48.5 Å². The number of ketones is 1. The molecule has 0 bridgehead atoms. The van der Waals surface area contributed by atoms with Gasteiger partial charge in [-0.15, -0.1) is 0 Å². The summed E-state index contributed by atoms with van der Waals surface area (Å²) < 4.78 is 0. The van der Waals surface area contributed by atoms with Gasteiger partial charge in [0.15, 0.2) is 5.78 Å². The molecule has 1 unspecified atom stereocenters. The van der Waals surface area contributed by atoms with E-state index in [1.165, 1.54) is 12.5 Å². The number of benzene rings is 2. The lowest BCUT2D eigenvalue weighted by Crippen LogP contribution is -2.30. The van der Waals surface area contributed by atoms with Gasteiger partial charge in [0.25, 0.3) is 0 Å². The number of rotatable bonds is 3. The van der Waals surface area contributed by atoms with Gasteiger partial charge in [0.1, 0.15) is 0 Å². The first-order valence-electron chi connectivity index (χ1n) is 6.65. The molecule has 1 atom stereocenters. The Morgan fingerprint density at radius 3 is 2.50 bits per heavy atom. The molecule has 3 nitrogen and oxygen atoms in total. The molecular formula is C17H15NO2. The zero-order valence-corrected chi connectivity index (χ0v) is 11.2. The summed E-state index contributed by atoms with van der Waals surface area (Å²) in [5, 5.41) is 2.87. The molecule has 0 saturated carbocycles. The minimum absolute atomic E-state index is 0.0441. The van der Waals surface area contributed by atoms with Crippen LogP contribution in [0.25, 0.3) is 0 Å². The molecule has 0 saturated heterocycles. The molecule has 3 heteroatoms. The van der Waals surface area contributed by atoms with E-state index < -0.39 is 0 Å². The molecule has 1 aliphatic carbocycles. The molecule has 0 aliphatic heterocycles. The van der Waals surface area contributed by atoms with Crippen molar-refractivity contribution in [1.29, 1.82) is 0 Å². The van der Waals surface area contributed by atoms with Gasteiger partial charge in [-0.3, -0.25) is 9.59 Å². The second-order valence-corrected chi connectivity index (χ2v) is 5.05. The van der Waals surface area contributed by atoms with Gasteiger partial charge in [-0.1, -0.05) is 36.4 Å². The van der Waals surface area contributed by atoms with Crippen LogP contribution in [0.1, 0.15) is 34.3 Å². The van der Waals surface area contributed by atoms with Crippen molar-refractivity contribution >= 4 is 17.4 Å². The Morgan fingerprint density at radius 1 is 1.05 bits per heavy atom. The average molecular weight is 265 g/mol. The maximum absolute atomic E-state index is 12.3. The molecule has 0 fully saturated rings. The maximum Gasteiger partial charge on any atom is 0.232 e. The molecular weight excluding hydrogens is 250 g/mol. The van der Waals surface area contributed by atoms with Gasteiger partial charge in [0.05, 0.1) is 11.6 Å². The summed E-state index contributed by atoms with van der Waals surface area (Å²) in [6.45, 7) is 1.50. The van der Waals surface area contributed by atoms with E-state index in [4.69, 9.17) is 0 Å². The Morgan fingerprint density at radius 2 is 1.75 bits per heavy atom. The molecule has 0 spiro atoms. The van der Waals surface area contributed by atoms with Gasteiger partial charge in [-0.25, -0.2) is 0 Å². The monoisotopic (exact) mass is 265 g/mol. The number of hydrogen-bond acceptors (Lipinski definition) is 2. The van der Waals surface area contributed by atoms with Crippen molar-refractivity contribution < 1.29 is 9.59 Å². The molecule has 1 amide bonds. The fourth-order valence-corrected chi connectivity index (χ4v) is 2.61. The van der Waals surface area contributed by atoms with Crippen molar-refractivity contribution in [2.45, 2.75) is 19.3 Å². The molecule has 0 heterocycles. The van der Waals surface area contributed by atoms with E-state index in [0.717, 1.165) is 12.0 Å². The smallest absolute Gasteiger partial charge is 0.232 e. The molecule has 1 N–H and O–H groups in total. The molecule has 2 aromatic carbocycles. The highest BCUT2D eigenvalue weighted by atomic mass is 16.2. The third-order valence-electron chi connectivity index (χ3n) is 3.74. The van der Waals surface area contributed by atoms with Gasteiger partial charge >= 0.3 is 0 Å². The molecule has 0 radical (unpaired) electrons. The van der Waals surface area contributed by atoms with Crippen molar-refractivity contribution in [3.05, 3.63) is 65.2 Å². The van der Waals surface area contributed by atoms with Crippen LogP contribution in [-0.4, -0.2) is 11.7 Å². The molecule has 1 aliphatic rings. The fraction of sp³-hybridized carbons (Fsp3) is 0.176. The van der Waals surface area contributed by atoms with Crippen molar-refractivity contribution in [3.8, 4) is 0 Å². The summed E-state index contributed by atoms with van der Waals surface area (Å²) in [4.78, 5) is 23.9. The number of hydrogen-bond donors (Lipinski definition) is 1. The third kappa shape index (κ3) is 2.11. The Balaban J connectivity index is 1.80. The summed E-state index contributed by atoms with van der Waals surface area (Å²) in [5.41, 5.74) is 3.46. The van der Waals surface area contributed by atoms with Crippen LogP contribution in [0, 0.1) is 0 Å². The van der Waals surface area contributed by atoms with Gasteiger partial charge in [0, 0.05) is 5.56 Å². The molecule has 100 valence electrons. The van der Waals surface area contributed by atoms with Crippen LogP contribution in [0.2, 0.25) is 0 Å². The zero-order chi connectivity index (χ0) is 14.1. The van der Waals surface area contributed by atoms with Gasteiger partial charge in [-0.2, -0.15) is 0 Å². The van der Waals surface area contributed by atoms with Crippen LogP contribution in [0.4, 0.5) is 5.69 Å². The second kappa shape index (κ2) is 4.93. The predicted molar refractivity (Wildman–Crippen MR) is 78.0 cm³/mol. The third-order valence-corrected chi connectivity index (χ3v) is 3.74. The molecule has 0 aromatic heterocycles. The molecule has 20 heavy (non-hydrogen) atoms. The number of carbonyl (C=O) groups is 2. The standard InChI is InChI=1S/C17H15NO2/c1-11(19)13-7-4-5-9-16(13)18-17(20)15-10-12-6-2-3-8-14(12)15/h2-9,15H,10H2,1H3,(H,18,20). The quantitative estimate of drug-likeness (QED) is 0.866. The van der Waals surface area contributed by atoms with Crippen molar-refractivity contribution in [1.82, 2.24) is 0 Å². The summed E-state index contributed by atoms with van der Waals surface area (Å²) in [6, 6.07) is 15.1. The van der Waals surface area contributed by atoms with Crippen LogP contribution < -0.4 is 5.32 Å². The van der Waals surface area contributed by atoms with E-state index in [1.807, 2.05) is 30.3 Å². The number of anilines is 1. The minimum atomic E-state index is -0.105. The number of fused-ring (bicyclic) bond motifs is 1. The van der Waals surface area contributed by atoms with E-state index in [0.29, 0.717) is 11.3 Å². The van der Waals surface area contributed by atoms with Crippen LogP contribution in [-0.2, 0) is 11.2 Å². The number of nitrogens with one attached hydrogen (secondary N) is 1. The summed E-state index contributed by atoms with van der Waals surface area (Å²) in [7, 11) is 0. The summed E-state index contributed by atoms with van der Waals surface area (Å²) >= 11 is 0. The molecule has 3 rings (SSSR count). The highest BCUT2D eigenvalue weighted by molar-refractivity contribution is 6.05. The highest BCUT2D eigenvalue weighted by Gasteiger charge is 2.31. The summed E-state index contributed by atoms with van der Waals surface area (Å²) in [6.07, 6.45) is 0.768. The van der Waals surface area contributed by atoms with Crippen molar-refractivity contribution in [2.75, 3.05) is 5.32 Å². The van der Waals surface area contributed by atoms with E-state index in [9.17, 15) is 9.59 Å². The Bertz CT molecular complexity index is 691. The number of para-hydroxylation sites is 1. The zero-order valence-electron chi connectivity index (χ0n) is 11.2. The lowest BCUT2D eigenvalue weighted by Gasteiger charge is -2.29. The maximum atomic E-state index is 12.3. The fourth-order valence-electron chi connectivity index (χ4n) is 2.61. The van der Waals surface area contributed by atoms with Gasteiger partial charge < -0.3 is 5.32 Å². The Hall–Kier alpha value is -2.42. The van der Waals surface area contributed by atoms with Gasteiger partial charge in [-0.05, 0) is 36.6 Å². The van der Waals surface area contributed by atoms with E-state index >= 15 is 0 Å².